The van der Waals surface area contributed by atoms with Crippen LogP contribution in [0.25, 0.3) is 0 Å². The van der Waals surface area contributed by atoms with Crippen molar-refractivity contribution in [3.63, 3.8) is 0 Å². The monoisotopic (exact) mass is 291 g/mol. The van der Waals surface area contributed by atoms with Crippen molar-refractivity contribution >= 4 is 0 Å². The van der Waals surface area contributed by atoms with Gasteiger partial charge in [-0.25, -0.2) is 0 Å². The number of aryl methyl sites for hydroxylation is 1. The average molecular weight is 291 g/mol. The van der Waals surface area contributed by atoms with Crippen LogP contribution in [0.4, 0.5) is 0 Å². The summed E-state index contributed by atoms with van der Waals surface area (Å²) >= 11 is 0. The van der Waals surface area contributed by atoms with Gasteiger partial charge in [-0.3, -0.25) is 0 Å². The molecule has 0 radical (unpaired) electrons. The predicted octanol–water partition coefficient (Wildman–Crippen LogP) is 5.10. The van der Waals surface area contributed by atoms with Crippen molar-refractivity contribution in [2.45, 2.75) is 71.1 Å². The molecule has 0 unspecified atom stereocenters. The molecule has 2 heteroatoms. The topological polar surface area (TPSA) is 35.2 Å². The van der Waals surface area contributed by atoms with Gasteiger partial charge < -0.3 is 10.5 Å². The van der Waals surface area contributed by atoms with E-state index in [4.69, 9.17) is 10.5 Å². The zero-order chi connectivity index (χ0) is 15.2. The van der Waals surface area contributed by atoms with Gasteiger partial charge in [-0.05, 0) is 43.5 Å². The summed E-state index contributed by atoms with van der Waals surface area (Å²) in [5, 5.41) is 0. The number of unbranched alkanes of at least 4 members (excludes halogenated alkanes) is 7. The number of rotatable bonds is 13. The molecule has 0 atom stereocenters. The van der Waals surface area contributed by atoms with Crippen molar-refractivity contribution in [1.82, 2.24) is 0 Å². The third-order valence-corrected chi connectivity index (χ3v) is 3.86. The summed E-state index contributed by atoms with van der Waals surface area (Å²) in [5.74, 6) is 0.995. The Labute approximate surface area is 131 Å². The molecule has 0 fully saturated rings. The first kappa shape index (κ1) is 18.0. The second-order valence-corrected chi connectivity index (χ2v) is 5.86. The van der Waals surface area contributed by atoms with Crippen molar-refractivity contribution in [1.29, 1.82) is 0 Å². The molecular formula is C19H33NO. The average Bonchev–Trinajstić information content (AvgIpc) is 2.52. The molecule has 0 bridgehead atoms. The molecule has 120 valence electrons. The lowest BCUT2D eigenvalue weighted by Crippen LogP contribution is -2.00. The van der Waals surface area contributed by atoms with Crippen molar-refractivity contribution in [3.05, 3.63) is 29.8 Å². The highest BCUT2D eigenvalue weighted by Gasteiger charge is 1.96. The van der Waals surface area contributed by atoms with Gasteiger partial charge in [0.25, 0.3) is 0 Å². The van der Waals surface area contributed by atoms with Crippen LogP contribution < -0.4 is 10.5 Å². The molecule has 0 heterocycles. The van der Waals surface area contributed by atoms with E-state index in [1.165, 1.54) is 56.9 Å². The van der Waals surface area contributed by atoms with Gasteiger partial charge in [-0.15, -0.1) is 0 Å². The van der Waals surface area contributed by atoms with Gasteiger partial charge in [0, 0.05) is 0 Å². The highest BCUT2D eigenvalue weighted by Crippen LogP contribution is 2.14. The Morgan fingerprint density at radius 2 is 1.43 bits per heavy atom. The van der Waals surface area contributed by atoms with Crippen LogP contribution >= 0.6 is 0 Å². The lowest BCUT2D eigenvalue weighted by Gasteiger charge is -2.07. The predicted molar refractivity (Wildman–Crippen MR) is 91.9 cm³/mol. The molecule has 1 rings (SSSR count). The molecule has 0 aliphatic carbocycles. The van der Waals surface area contributed by atoms with Crippen LogP contribution in [0.3, 0.4) is 0 Å². The van der Waals surface area contributed by atoms with Crippen LogP contribution in [0.1, 0.15) is 70.3 Å². The molecule has 0 saturated heterocycles. The summed E-state index contributed by atoms with van der Waals surface area (Å²) in [7, 11) is 0. The number of hydrogen-bond donors (Lipinski definition) is 1. The summed E-state index contributed by atoms with van der Waals surface area (Å²) in [5.41, 5.74) is 6.87. The zero-order valence-corrected chi connectivity index (χ0v) is 13.8. The number of nitrogens with two attached hydrogens (primary N) is 1. The zero-order valence-electron chi connectivity index (χ0n) is 13.8. The lowest BCUT2D eigenvalue weighted by molar-refractivity contribution is 0.304. The van der Waals surface area contributed by atoms with Gasteiger partial charge in [0.05, 0.1) is 6.61 Å². The third kappa shape index (κ3) is 9.52. The first-order valence-corrected chi connectivity index (χ1v) is 8.78. The van der Waals surface area contributed by atoms with Crippen LogP contribution in [0, 0.1) is 0 Å². The van der Waals surface area contributed by atoms with Gasteiger partial charge in [0.2, 0.25) is 0 Å². The molecule has 0 saturated carbocycles. The van der Waals surface area contributed by atoms with Crippen molar-refractivity contribution in [3.8, 4) is 5.75 Å². The van der Waals surface area contributed by atoms with E-state index >= 15 is 0 Å². The van der Waals surface area contributed by atoms with Gasteiger partial charge in [0.15, 0.2) is 0 Å². The smallest absolute Gasteiger partial charge is 0.119 e. The van der Waals surface area contributed by atoms with Crippen molar-refractivity contribution in [2.75, 3.05) is 13.2 Å². The molecule has 1 aromatic rings. The Balaban J connectivity index is 1.99. The Bertz CT molecular complexity index is 334. The van der Waals surface area contributed by atoms with Crippen LogP contribution in [-0.4, -0.2) is 13.2 Å². The second-order valence-electron chi connectivity index (χ2n) is 5.86. The minimum atomic E-state index is 0.761. The Morgan fingerprint density at radius 3 is 2.05 bits per heavy atom. The molecule has 2 nitrogen and oxygen atoms in total. The number of hydrogen-bond acceptors (Lipinski definition) is 2. The molecule has 0 aliphatic rings. The van der Waals surface area contributed by atoms with E-state index in [0.717, 1.165) is 31.7 Å². The fourth-order valence-corrected chi connectivity index (χ4v) is 2.48. The molecule has 0 spiro atoms. The largest absolute Gasteiger partial charge is 0.494 e. The highest BCUT2D eigenvalue weighted by atomic mass is 16.5. The SMILES string of the molecule is CCCCCCCCCCOc1ccc(CCCN)cc1. The maximum atomic E-state index is 5.79. The van der Waals surface area contributed by atoms with Gasteiger partial charge in [0.1, 0.15) is 5.75 Å². The maximum absolute atomic E-state index is 5.79. The van der Waals surface area contributed by atoms with E-state index in [1.54, 1.807) is 0 Å². The van der Waals surface area contributed by atoms with Crippen molar-refractivity contribution < 1.29 is 4.74 Å². The van der Waals surface area contributed by atoms with Crippen LogP contribution in [0.5, 0.6) is 5.75 Å². The third-order valence-electron chi connectivity index (χ3n) is 3.86. The Kier molecular flexibility index (Phi) is 10.9. The summed E-state index contributed by atoms with van der Waals surface area (Å²) in [6, 6.07) is 8.46. The van der Waals surface area contributed by atoms with E-state index in [-0.39, 0.29) is 0 Å². The van der Waals surface area contributed by atoms with Crippen LogP contribution in [0.15, 0.2) is 24.3 Å². The second kappa shape index (κ2) is 12.7. The summed E-state index contributed by atoms with van der Waals surface area (Å²) in [4.78, 5) is 0. The van der Waals surface area contributed by atoms with E-state index in [9.17, 15) is 0 Å². The molecule has 0 aliphatic heterocycles. The molecule has 21 heavy (non-hydrogen) atoms. The van der Waals surface area contributed by atoms with Crippen LogP contribution in [0.2, 0.25) is 0 Å². The van der Waals surface area contributed by atoms with Gasteiger partial charge in [-0.2, -0.15) is 0 Å². The van der Waals surface area contributed by atoms with Crippen LogP contribution in [-0.2, 0) is 6.42 Å². The number of ether oxygens (including phenoxy) is 1. The van der Waals surface area contributed by atoms with E-state index in [0.29, 0.717) is 0 Å². The standard InChI is InChI=1S/C19H33NO/c1-2-3-4-5-6-7-8-9-17-21-19-14-12-18(13-15-19)11-10-16-20/h12-15H,2-11,16-17,20H2,1H3. The molecular weight excluding hydrogens is 258 g/mol. The van der Waals surface area contributed by atoms with E-state index in [1.807, 2.05) is 0 Å². The van der Waals surface area contributed by atoms with E-state index < -0.39 is 0 Å². The lowest BCUT2D eigenvalue weighted by atomic mass is 10.1. The van der Waals surface area contributed by atoms with Gasteiger partial charge >= 0.3 is 0 Å². The van der Waals surface area contributed by atoms with Crippen molar-refractivity contribution in [2.24, 2.45) is 5.73 Å². The molecule has 0 aromatic heterocycles. The van der Waals surface area contributed by atoms with Gasteiger partial charge in [-0.1, -0.05) is 64.0 Å². The first-order valence-electron chi connectivity index (χ1n) is 8.78. The fourth-order valence-electron chi connectivity index (χ4n) is 2.48. The first-order chi connectivity index (χ1) is 10.4. The maximum Gasteiger partial charge on any atom is 0.119 e. The quantitative estimate of drug-likeness (QED) is 0.513. The molecule has 0 amide bonds. The highest BCUT2D eigenvalue weighted by molar-refractivity contribution is 5.27. The Hall–Kier alpha value is -1.02. The minimum absolute atomic E-state index is 0.761. The Morgan fingerprint density at radius 1 is 0.810 bits per heavy atom. The molecule has 1 aromatic carbocycles. The summed E-state index contributed by atoms with van der Waals surface area (Å²) in [6.45, 7) is 3.87. The molecule has 2 N–H and O–H groups in total. The number of benzene rings is 1. The summed E-state index contributed by atoms with van der Waals surface area (Å²) in [6.07, 6.45) is 12.9. The minimum Gasteiger partial charge on any atom is -0.494 e. The normalized spacial score (nSPS) is 10.8. The fraction of sp³-hybridized carbons (Fsp3) is 0.684. The van der Waals surface area contributed by atoms with E-state index in [2.05, 4.69) is 31.2 Å². The summed E-state index contributed by atoms with van der Waals surface area (Å²) < 4.78 is 5.79.